The van der Waals surface area contributed by atoms with E-state index in [-0.39, 0.29) is 36.6 Å². The SMILES string of the molecule is CC(C)C[C@H](N)C(=O)Nc1ccc(NC(=O)CCN(C)C)cc1.Cl.Cl. The second-order valence-electron chi connectivity index (χ2n) is 6.40. The zero-order chi connectivity index (χ0) is 17.4. The molecule has 0 radical (unpaired) electrons. The number of nitrogens with one attached hydrogen (secondary N) is 2. The van der Waals surface area contributed by atoms with Crippen molar-refractivity contribution in [3.05, 3.63) is 24.3 Å². The Morgan fingerprint density at radius 2 is 1.52 bits per heavy atom. The standard InChI is InChI=1S/C17H28N4O2.2ClH/c1-12(2)11-15(18)17(23)20-14-7-5-13(6-8-14)19-16(22)9-10-21(3)4;;/h5-8,12,15H,9-11,18H2,1-4H3,(H,19,22)(H,20,23);2*1H/t15-;;/m0../s1. The monoisotopic (exact) mass is 392 g/mol. The van der Waals surface area contributed by atoms with Gasteiger partial charge in [-0.25, -0.2) is 0 Å². The van der Waals surface area contributed by atoms with Gasteiger partial charge in [0.25, 0.3) is 0 Å². The molecule has 0 aromatic heterocycles. The number of hydrogen-bond donors (Lipinski definition) is 3. The van der Waals surface area contributed by atoms with E-state index in [1.807, 2.05) is 32.8 Å². The second kappa shape index (κ2) is 12.9. The minimum absolute atomic E-state index is 0. The lowest BCUT2D eigenvalue weighted by Gasteiger charge is -2.14. The fourth-order valence-corrected chi connectivity index (χ4v) is 2.04. The Morgan fingerprint density at radius 1 is 1.04 bits per heavy atom. The van der Waals surface area contributed by atoms with Crippen molar-refractivity contribution in [2.75, 3.05) is 31.3 Å². The summed E-state index contributed by atoms with van der Waals surface area (Å²) in [6.07, 6.45) is 1.08. The van der Waals surface area contributed by atoms with Crippen LogP contribution in [0, 0.1) is 5.92 Å². The number of amides is 2. The minimum atomic E-state index is -0.514. The molecule has 1 rings (SSSR count). The van der Waals surface area contributed by atoms with Crippen molar-refractivity contribution < 1.29 is 9.59 Å². The molecule has 0 aliphatic carbocycles. The molecule has 0 unspecified atom stereocenters. The van der Waals surface area contributed by atoms with Crippen LogP contribution >= 0.6 is 24.8 Å². The third-order valence-electron chi connectivity index (χ3n) is 3.28. The van der Waals surface area contributed by atoms with Gasteiger partial charge in [-0.2, -0.15) is 0 Å². The number of nitrogens with two attached hydrogens (primary N) is 1. The summed E-state index contributed by atoms with van der Waals surface area (Å²) in [5, 5.41) is 5.61. The summed E-state index contributed by atoms with van der Waals surface area (Å²) in [5.74, 6) is 0.145. The Balaban J connectivity index is 0. The first kappa shape index (κ1) is 25.9. The molecule has 2 amide bonds. The predicted octanol–water partition coefficient (Wildman–Crippen LogP) is 2.73. The van der Waals surface area contributed by atoms with Crippen LogP contribution in [0.15, 0.2) is 24.3 Å². The van der Waals surface area contributed by atoms with Gasteiger partial charge in [0.1, 0.15) is 0 Å². The number of carbonyl (C=O) groups excluding carboxylic acids is 2. The smallest absolute Gasteiger partial charge is 0.241 e. The first-order valence-corrected chi connectivity index (χ1v) is 7.89. The summed E-state index contributed by atoms with van der Waals surface area (Å²) in [5.41, 5.74) is 7.22. The average Bonchev–Trinajstić information content (AvgIpc) is 2.46. The molecule has 0 fully saturated rings. The van der Waals surface area contributed by atoms with Gasteiger partial charge in [-0.3, -0.25) is 9.59 Å². The zero-order valence-corrected chi connectivity index (χ0v) is 16.9. The molecule has 1 atom stereocenters. The largest absolute Gasteiger partial charge is 0.326 e. The zero-order valence-electron chi connectivity index (χ0n) is 15.2. The first-order valence-electron chi connectivity index (χ1n) is 7.89. The van der Waals surface area contributed by atoms with Gasteiger partial charge in [0.05, 0.1) is 6.04 Å². The molecule has 0 heterocycles. The third kappa shape index (κ3) is 11.0. The maximum absolute atomic E-state index is 11.9. The van der Waals surface area contributed by atoms with Crippen LogP contribution in [0.4, 0.5) is 11.4 Å². The van der Waals surface area contributed by atoms with Crippen LogP contribution < -0.4 is 16.4 Å². The summed E-state index contributed by atoms with van der Waals surface area (Å²) in [4.78, 5) is 25.7. The van der Waals surface area contributed by atoms with E-state index in [2.05, 4.69) is 10.6 Å². The maximum atomic E-state index is 11.9. The van der Waals surface area contributed by atoms with E-state index < -0.39 is 6.04 Å². The quantitative estimate of drug-likeness (QED) is 0.634. The molecular weight excluding hydrogens is 363 g/mol. The van der Waals surface area contributed by atoms with Crippen LogP contribution in [0.25, 0.3) is 0 Å². The molecule has 0 saturated carbocycles. The molecule has 0 bridgehead atoms. The second-order valence-corrected chi connectivity index (χ2v) is 6.40. The highest BCUT2D eigenvalue weighted by molar-refractivity contribution is 5.95. The van der Waals surface area contributed by atoms with Gasteiger partial charge in [0.15, 0.2) is 0 Å². The fraction of sp³-hybridized carbons (Fsp3) is 0.529. The van der Waals surface area contributed by atoms with Gasteiger partial charge in [-0.1, -0.05) is 13.8 Å². The Morgan fingerprint density at radius 3 is 1.96 bits per heavy atom. The van der Waals surface area contributed by atoms with E-state index in [1.54, 1.807) is 24.3 Å². The molecule has 0 spiro atoms. The highest BCUT2D eigenvalue weighted by Crippen LogP contribution is 2.14. The lowest BCUT2D eigenvalue weighted by molar-refractivity contribution is -0.118. The van der Waals surface area contributed by atoms with Crippen LogP contribution in [-0.4, -0.2) is 43.4 Å². The normalized spacial score (nSPS) is 11.3. The number of hydrogen-bond acceptors (Lipinski definition) is 4. The van der Waals surface area contributed by atoms with Crippen molar-refractivity contribution in [1.82, 2.24) is 4.90 Å². The van der Waals surface area contributed by atoms with Crippen LogP contribution in [0.2, 0.25) is 0 Å². The summed E-state index contributed by atoms with van der Waals surface area (Å²) in [6, 6.07) is 6.51. The predicted molar refractivity (Wildman–Crippen MR) is 109 cm³/mol. The van der Waals surface area contributed by atoms with E-state index in [0.717, 1.165) is 0 Å². The van der Waals surface area contributed by atoms with E-state index in [4.69, 9.17) is 5.73 Å². The van der Waals surface area contributed by atoms with Crippen LogP contribution in [-0.2, 0) is 9.59 Å². The summed E-state index contributed by atoms with van der Waals surface area (Å²) in [7, 11) is 3.85. The van der Waals surface area contributed by atoms with Crippen molar-refractivity contribution in [3.63, 3.8) is 0 Å². The Hall–Kier alpha value is -1.34. The number of nitrogens with zero attached hydrogens (tertiary/aromatic N) is 1. The van der Waals surface area contributed by atoms with Gasteiger partial charge >= 0.3 is 0 Å². The molecule has 0 aliphatic heterocycles. The number of halogens is 2. The molecule has 0 saturated heterocycles. The average molecular weight is 393 g/mol. The van der Waals surface area contributed by atoms with E-state index in [0.29, 0.717) is 36.7 Å². The Bertz CT molecular complexity index is 522. The summed E-state index contributed by atoms with van der Waals surface area (Å²) < 4.78 is 0. The molecular formula is C17H30Cl2N4O2. The molecule has 25 heavy (non-hydrogen) atoms. The van der Waals surface area contributed by atoms with Crippen molar-refractivity contribution in [1.29, 1.82) is 0 Å². The van der Waals surface area contributed by atoms with Gasteiger partial charge in [0, 0.05) is 24.3 Å². The molecule has 1 aromatic carbocycles. The summed E-state index contributed by atoms with van der Waals surface area (Å²) >= 11 is 0. The molecule has 8 heteroatoms. The lowest BCUT2D eigenvalue weighted by Crippen LogP contribution is -2.36. The number of anilines is 2. The number of rotatable bonds is 8. The van der Waals surface area contributed by atoms with Gasteiger partial charge in [0.2, 0.25) is 11.8 Å². The molecule has 4 N–H and O–H groups in total. The molecule has 144 valence electrons. The van der Waals surface area contributed by atoms with Gasteiger partial charge in [-0.05, 0) is 50.7 Å². The Kier molecular flexibility index (Phi) is 13.4. The van der Waals surface area contributed by atoms with E-state index in [9.17, 15) is 9.59 Å². The number of benzene rings is 1. The minimum Gasteiger partial charge on any atom is -0.326 e. The maximum Gasteiger partial charge on any atom is 0.241 e. The molecule has 6 nitrogen and oxygen atoms in total. The Labute approximate surface area is 162 Å². The van der Waals surface area contributed by atoms with Crippen molar-refractivity contribution >= 4 is 48.0 Å². The lowest BCUT2D eigenvalue weighted by atomic mass is 10.0. The third-order valence-corrected chi connectivity index (χ3v) is 3.28. The molecule has 0 aliphatic rings. The highest BCUT2D eigenvalue weighted by Gasteiger charge is 2.15. The van der Waals surface area contributed by atoms with E-state index in [1.165, 1.54) is 0 Å². The summed E-state index contributed by atoms with van der Waals surface area (Å²) in [6.45, 7) is 4.76. The highest BCUT2D eigenvalue weighted by atomic mass is 35.5. The van der Waals surface area contributed by atoms with Crippen molar-refractivity contribution in [3.8, 4) is 0 Å². The fourth-order valence-electron chi connectivity index (χ4n) is 2.04. The van der Waals surface area contributed by atoms with Gasteiger partial charge in [-0.15, -0.1) is 24.8 Å². The first-order chi connectivity index (χ1) is 10.8. The van der Waals surface area contributed by atoms with Crippen molar-refractivity contribution in [2.24, 2.45) is 11.7 Å². The van der Waals surface area contributed by atoms with Crippen molar-refractivity contribution in [2.45, 2.75) is 32.7 Å². The van der Waals surface area contributed by atoms with Crippen LogP contribution in [0.1, 0.15) is 26.7 Å². The number of carbonyl (C=O) groups is 2. The van der Waals surface area contributed by atoms with Gasteiger partial charge < -0.3 is 21.3 Å². The van der Waals surface area contributed by atoms with Crippen LogP contribution in [0.5, 0.6) is 0 Å². The topological polar surface area (TPSA) is 87.5 Å². The van der Waals surface area contributed by atoms with E-state index >= 15 is 0 Å². The van der Waals surface area contributed by atoms with Crippen LogP contribution in [0.3, 0.4) is 0 Å². The molecule has 1 aromatic rings.